The molecule has 0 fully saturated rings. The maximum atomic E-state index is 12.6. The summed E-state index contributed by atoms with van der Waals surface area (Å²) < 4.78 is 38.1. The molecular formula is C16H11BrF3NO. The Balaban J connectivity index is 2.14. The van der Waals surface area contributed by atoms with Gasteiger partial charge in [-0.15, -0.1) is 0 Å². The number of amides is 1. The highest BCUT2D eigenvalue weighted by molar-refractivity contribution is 9.12. The number of alkyl halides is 3. The summed E-state index contributed by atoms with van der Waals surface area (Å²) in [6.45, 7) is 0. The number of nitrogens with one attached hydrogen (secondary N) is 1. The van der Waals surface area contributed by atoms with Crippen LogP contribution in [0.5, 0.6) is 0 Å². The molecule has 2 nitrogen and oxygen atoms in total. The molecule has 0 bridgehead atoms. The molecule has 0 aliphatic carbocycles. The van der Waals surface area contributed by atoms with Crippen LogP contribution in [0.2, 0.25) is 0 Å². The van der Waals surface area contributed by atoms with Crippen LogP contribution in [0.3, 0.4) is 0 Å². The topological polar surface area (TPSA) is 29.1 Å². The van der Waals surface area contributed by atoms with Crippen molar-refractivity contribution in [2.75, 3.05) is 5.32 Å². The summed E-state index contributed by atoms with van der Waals surface area (Å²) in [7, 11) is 0. The van der Waals surface area contributed by atoms with Crippen molar-refractivity contribution in [2.24, 2.45) is 0 Å². The molecular weight excluding hydrogens is 359 g/mol. The molecule has 0 aliphatic rings. The molecule has 0 spiro atoms. The summed E-state index contributed by atoms with van der Waals surface area (Å²) in [4.78, 5) is 12.0. The third kappa shape index (κ3) is 4.46. The number of rotatable bonds is 3. The van der Waals surface area contributed by atoms with Gasteiger partial charge in [0.15, 0.2) is 0 Å². The quantitative estimate of drug-likeness (QED) is 0.751. The van der Waals surface area contributed by atoms with Crippen molar-refractivity contribution in [3.05, 3.63) is 70.2 Å². The van der Waals surface area contributed by atoms with Crippen LogP contribution < -0.4 is 5.32 Å². The van der Waals surface area contributed by atoms with Crippen molar-refractivity contribution >= 4 is 33.6 Å². The Hall–Kier alpha value is -2.08. The first-order valence-electron chi connectivity index (χ1n) is 6.27. The summed E-state index contributed by atoms with van der Waals surface area (Å²) in [5.74, 6) is -0.525. The maximum absolute atomic E-state index is 12.6. The van der Waals surface area contributed by atoms with E-state index in [4.69, 9.17) is 0 Å². The van der Waals surface area contributed by atoms with E-state index in [0.29, 0.717) is 0 Å². The van der Waals surface area contributed by atoms with Gasteiger partial charge in [0.05, 0.1) is 10.0 Å². The van der Waals surface area contributed by atoms with Crippen LogP contribution in [0.25, 0.3) is 6.08 Å². The Bertz CT molecular complexity index is 696. The van der Waals surface area contributed by atoms with Crippen molar-refractivity contribution in [3.8, 4) is 0 Å². The number of hydrogen-bond acceptors (Lipinski definition) is 1. The van der Waals surface area contributed by atoms with E-state index in [9.17, 15) is 18.0 Å². The molecule has 0 heterocycles. The Kier molecular flexibility index (Phi) is 5.03. The lowest BCUT2D eigenvalue weighted by molar-refractivity contribution is -0.137. The van der Waals surface area contributed by atoms with Gasteiger partial charge in [-0.3, -0.25) is 4.79 Å². The minimum atomic E-state index is -4.45. The Morgan fingerprint density at radius 1 is 1.05 bits per heavy atom. The zero-order valence-electron chi connectivity index (χ0n) is 11.2. The molecule has 0 saturated carbocycles. The van der Waals surface area contributed by atoms with E-state index >= 15 is 0 Å². The zero-order chi connectivity index (χ0) is 16.2. The smallest absolute Gasteiger partial charge is 0.322 e. The monoisotopic (exact) mass is 369 g/mol. The summed E-state index contributed by atoms with van der Waals surface area (Å²) >= 11 is 3.12. The molecule has 0 saturated heterocycles. The highest BCUT2D eigenvalue weighted by atomic mass is 79.9. The molecule has 0 aromatic heterocycles. The van der Waals surface area contributed by atoms with Gasteiger partial charge in [-0.25, -0.2) is 0 Å². The van der Waals surface area contributed by atoms with Crippen molar-refractivity contribution < 1.29 is 18.0 Å². The van der Waals surface area contributed by atoms with Gasteiger partial charge in [0, 0.05) is 5.69 Å². The number of carbonyl (C=O) groups is 1. The lowest BCUT2D eigenvalue weighted by Crippen LogP contribution is -2.12. The van der Waals surface area contributed by atoms with Crippen molar-refractivity contribution in [2.45, 2.75) is 6.18 Å². The molecule has 0 unspecified atom stereocenters. The number of carbonyl (C=O) groups excluding carboxylic acids is 1. The Morgan fingerprint density at radius 2 is 1.73 bits per heavy atom. The van der Waals surface area contributed by atoms with Gasteiger partial charge in [-0.1, -0.05) is 36.4 Å². The molecule has 114 valence electrons. The molecule has 22 heavy (non-hydrogen) atoms. The van der Waals surface area contributed by atoms with Crippen molar-refractivity contribution in [3.63, 3.8) is 0 Å². The number of hydrogen-bond donors (Lipinski definition) is 1. The fourth-order valence-corrected chi connectivity index (χ4v) is 2.09. The minimum Gasteiger partial charge on any atom is -0.322 e. The molecule has 2 aromatic carbocycles. The lowest BCUT2D eigenvalue weighted by Gasteiger charge is -2.09. The molecule has 2 aromatic rings. The maximum Gasteiger partial charge on any atom is 0.416 e. The average Bonchev–Trinajstić information content (AvgIpc) is 2.47. The predicted octanol–water partition coefficient (Wildman–Crippen LogP) is 5.08. The van der Waals surface area contributed by atoms with Gasteiger partial charge in [0.2, 0.25) is 0 Å². The average molecular weight is 370 g/mol. The second kappa shape index (κ2) is 6.79. The van der Waals surface area contributed by atoms with Crippen LogP contribution in [-0.2, 0) is 11.0 Å². The molecule has 0 radical (unpaired) electrons. The number of benzene rings is 2. The fourth-order valence-electron chi connectivity index (χ4n) is 1.73. The molecule has 2 rings (SSSR count). The second-order valence-electron chi connectivity index (χ2n) is 4.44. The standard InChI is InChI=1S/C16H11BrF3NO/c17-14(9-11-5-2-1-3-6-11)15(22)21-13-8-4-7-12(10-13)16(18,19)20/h1-10H,(H,21,22). The van der Waals surface area contributed by atoms with Gasteiger partial charge >= 0.3 is 6.18 Å². The van der Waals surface area contributed by atoms with E-state index in [0.717, 1.165) is 17.7 Å². The number of halogens is 4. The van der Waals surface area contributed by atoms with E-state index in [1.807, 2.05) is 18.2 Å². The van der Waals surface area contributed by atoms with Gasteiger partial charge < -0.3 is 5.32 Å². The highest BCUT2D eigenvalue weighted by Gasteiger charge is 2.30. The molecule has 1 N–H and O–H groups in total. The van der Waals surface area contributed by atoms with Crippen LogP contribution in [0.15, 0.2) is 59.1 Å². The number of anilines is 1. The van der Waals surface area contributed by atoms with Gasteiger partial charge in [-0.2, -0.15) is 13.2 Å². The third-order valence-electron chi connectivity index (χ3n) is 2.76. The highest BCUT2D eigenvalue weighted by Crippen LogP contribution is 2.30. The van der Waals surface area contributed by atoms with Crippen LogP contribution >= 0.6 is 15.9 Å². The van der Waals surface area contributed by atoms with Crippen molar-refractivity contribution in [1.29, 1.82) is 0 Å². The van der Waals surface area contributed by atoms with Gasteiger partial charge in [-0.05, 0) is 45.8 Å². The summed E-state index contributed by atoms with van der Waals surface area (Å²) in [6.07, 6.45) is -2.86. The summed E-state index contributed by atoms with van der Waals surface area (Å²) in [5, 5.41) is 2.42. The van der Waals surface area contributed by atoms with E-state index in [2.05, 4.69) is 21.2 Å². The largest absolute Gasteiger partial charge is 0.416 e. The van der Waals surface area contributed by atoms with Crippen LogP contribution in [0, 0.1) is 0 Å². The van der Waals surface area contributed by atoms with E-state index < -0.39 is 17.6 Å². The Morgan fingerprint density at radius 3 is 2.36 bits per heavy atom. The lowest BCUT2D eigenvalue weighted by atomic mass is 10.2. The van der Waals surface area contributed by atoms with Gasteiger partial charge in [0.1, 0.15) is 0 Å². The van der Waals surface area contributed by atoms with Crippen LogP contribution in [-0.4, -0.2) is 5.91 Å². The predicted molar refractivity (Wildman–Crippen MR) is 83.4 cm³/mol. The minimum absolute atomic E-state index is 0.0817. The fraction of sp³-hybridized carbons (Fsp3) is 0.0625. The first-order valence-corrected chi connectivity index (χ1v) is 7.06. The van der Waals surface area contributed by atoms with E-state index in [1.54, 1.807) is 18.2 Å². The third-order valence-corrected chi connectivity index (χ3v) is 3.35. The van der Waals surface area contributed by atoms with Crippen molar-refractivity contribution in [1.82, 2.24) is 0 Å². The molecule has 1 amide bonds. The van der Waals surface area contributed by atoms with Crippen LogP contribution in [0.4, 0.5) is 18.9 Å². The Labute approximate surface area is 133 Å². The SMILES string of the molecule is O=C(Nc1cccc(C(F)(F)F)c1)C(Br)=Cc1ccccc1. The van der Waals surface area contributed by atoms with E-state index in [1.165, 1.54) is 12.1 Å². The summed E-state index contributed by atoms with van der Waals surface area (Å²) in [6, 6.07) is 13.6. The first-order chi connectivity index (χ1) is 10.4. The van der Waals surface area contributed by atoms with Gasteiger partial charge in [0.25, 0.3) is 5.91 Å². The first kappa shape index (κ1) is 16.3. The molecule has 6 heteroatoms. The molecule has 0 aliphatic heterocycles. The molecule has 0 atom stereocenters. The summed E-state index contributed by atoms with van der Waals surface area (Å²) in [5.41, 5.74) is 0.0697. The van der Waals surface area contributed by atoms with Crippen LogP contribution in [0.1, 0.15) is 11.1 Å². The van der Waals surface area contributed by atoms with E-state index in [-0.39, 0.29) is 10.2 Å². The second-order valence-corrected chi connectivity index (χ2v) is 5.29. The normalized spacial score (nSPS) is 12.1. The zero-order valence-corrected chi connectivity index (χ0v) is 12.8.